The first-order chi connectivity index (χ1) is 10.0. The number of ketones is 1. The highest BCUT2D eigenvalue weighted by atomic mass is 79.9. The molecule has 0 amide bonds. The second kappa shape index (κ2) is 6.80. The molecule has 0 radical (unpaired) electrons. The summed E-state index contributed by atoms with van der Waals surface area (Å²) < 4.78 is 32.2. The van der Waals surface area contributed by atoms with Gasteiger partial charge in [-0.05, 0) is 58.7 Å². The third kappa shape index (κ3) is 3.67. The first-order valence-corrected chi connectivity index (χ1v) is 7.24. The lowest BCUT2D eigenvalue weighted by atomic mass is 10.0. The lowest BCUT2D eigenvalue weighted by molar-refractivity contribution is 0.103. The van der Waals surface area contributed by atoms with Crippen molar-refractivity contribution in [3.63, 3.8) is 0 Å². The molecule has 0 heterocycles. The number of hydrogen-bond donors (Lipinski definition) is 0. The molecule has 0 saturated heterocycles. The number of carbonyl (C=O) groups excluding carboxylic acids is 1. The van der Waals surface area contributed by atoms with Crippen molar-refractivity contribution in [2.45, 2.75) is 13.3 Å². The van der Waals surface area contributed by atoms with Gasteiger partial charge in [-0.3, -0.25) is 4.79 Å². The predicted octanol–water partition coefficient (Wildman–Crippen LogP) is 4.75. The van der Waals surface area contributed by atoms with Gasteiger partial charge < -0.3 is 4.74 Å². The molecule has 2 aromatic rings. The van der Waals surface area contributed by atoms with Gasteiger partial charge >= 0.3 is 0 Å². The minimum Gasteiger partial charge on any atom is -0.492 e. The maximum atomic E-state index is 13.2. The fraction of sp³-hybridized carbons (Fsp3) is 0.188. The molecular weight excluding hydrogens is 342 g/mol. The summed E-state index contributed by atoms with van der Waals surface area (Å²) in [5.74, 6) is -1.76. The van der Waals surface area contributed by atoms with Crippen molar-refractivity contribution in [1.29, 1.82) is 0 Å². The average Bonchev–Trinajstić information content (AvgIpc) is 2.48. The second-order valence-corrected chi connectivity index (χ2v) is 5.31. The minimum absolute atomic E-state index is 0.100. The van der Waals surface area contributed by atoms with E-state index in [1.807, 2.05) is 6.92 Å². The molecule has 0 aliphatic heterocycles. The topological polar surface area (TPSA) is 26.3 Å². The summed E-state index contributed by atoms with van der Waals surface area (Å²) in [6.45, 7) is 2.57. The Balaban J connectivity index is 2.27. The molecule has 0 aliphatic rings. The van der Waals surface area contributed by atoms with E-state index in [-0.39, 0.29) is 11.3 Å². The third-order valence-corrected chi connectivity index (χ3v) is 3.46. The van der Waals surface area contributed by atoms with Crippen LogP contribution in [0.2, 0.25) is 0 Å². The van der Waals surface area contributed by atoms with E-state index < -0.39 is 11.6 Å². The Kier molecular flexibility index (Phi) is 5.07. The van der Waals surface area contributed by atoms with E-state index >= 15 is 0 Å². The molecule has 0 fully saturated rings. The van der Waals surface area contributed by atoms with Crippen molar-refractivity contribution in [3.8, 4) is 5.75 Å². The number of carbonyl (C=O) groups is 1. The Morgan fingerprint density at radius 3 is 2.38 bits per heavy atom. The zero-order chi connectivity index (χ0) is 15.4. The van der Waals surface area contributed by atoms with Crippen molar-refractivity contribution < 1.29 is 18.3 Å². The number of rotatable bonds is 5. The highest BCUT2D eigenvalue weighted by Gasteiger charge is 2.13. The highest BCUT2D eigenvalue weighted by molar-refractivity contribution is 9.10. The van der Waals surface area contributed by atoms with Crippen molar-refractivity contribution in [3.05, 3.63) is 63.6 Å². The Labute approximate surface area is 129 Å². The van der Waals surface area contributed by atoms with Crippen LogP contribution in [0.25, 0.3) is 0 Å². The largest absolute Gasteiger partial charge is 0.492 e. The predicted molar refractivity (Wildman–Crippen MR) is 79.7 cm³/mol. The van der Waals surface area contributed by atoms with E-state index in [0.717, 1.165) is 18.6 Å². The third-order valence-electron chi connectivity index (χ3n) is 2.84. The van der Waals surface area contributed by atoms with Gasteiger partial charge in [0.25, 0.3) is 0 Å². The van der Waals surface area contributed by atoms with Crippen LogP contribution in [0.4, 0.5) is 8.78 Å². The fourth-order valence-corrected chi connectivity index (χ4v) is 2.27. The lowest BCUT2D eigenvalue weighted by Crippen LogP contribution is -2.03. The van der Waals surface area contributed by atoms with E-state index in [2.05, 4.69) is 15.9 Å². The summed E-state index contributed by atoms with van der Waals surface area (Å²) in [4.78, 5) is 12.2. The molecule has 2 rings (SSSR count). The Morgan fingerprint density at radius 2 is 1.76 bits per heavy atom. The highest BCUT2D eigenvalue weighted by Crippen LogP contribution is 2.27. The quantitative estimate of drug-likeness (QED) is 0.724. The second-order valence-electron chi connectivity index (χ2n) is 4.45. The normalized spacial score (nSPS) is 10.5. The standard InChI is InChI=1S/C16H13BrF2O2/c1-2-7-21-15-6-4-10(8-12(15)17)16(20)11-3-5-13(18)14(19)9-11/h3-6,8-9H,2,7H2,1H3. The van der Waals surface area contributed by atoms with Gasteiger partial charge in [0.1, 0.15) is 5.75 Å². The Bertz CT molecular complexity index is 671. The van der Waals surface area contributed by atoms with Crippen LogP contribution in [0, 0.1) is 11.6 Å². The molecule has 0 aliphatic carbocycles. The summed E-state index contributed by atoms with van der Waals surface area (Å²) in [7, 11) is 0. The minimum atomic E-state index is -1.04. The van der Waals surface area contributed by atoms with Crippen LogP contribution in [0.3, 0.4) is 0 Å². The molecule has 5 heteroatoms. The molecule has 0 atom stereocenters. The van der Waals surface area contributed by atoms with Gasteiger partial charge in [0.2, 0.25) is 0 Å². The number of benzene rings is 2. The van der Waals surface area contributed by atoms with Crippen LogP contribution in [0.1, 0.15) is 29.3 Å². The van der Waals surface area contributed by atoms with Gasteiger partial charge in [0.05, 0.1) is 11.1 Å². The summed E-state index contributed by atoms with van der Waals surface area (Å²) in [6.07, 6.45) is 0.877. The maximum Gasteiger partial charge on any atom is 0.193 e. The monoisotopic (exact) mass is 354 g/mol. The van der Waals surface area contributed by atoms with E-state index in [9.17, 15) is 13.6 Å². The van der Waals surface area contributed by atoms with Crippen LogP contribution < -0.4 is 4.74 Å². The first-order valence-electron chi connectivity index (χ1n) is 6.45. The smallest absolute Gasteiger partial charge is 0.193 e. The van der Waals surface area contributed by atoms with Gasteiger partial charge in [-0.1, -0.05) is 6.92 Å². The van der Waals surface area contributed by atoms with E-state index in [1.54, 1.807) is 18.2 Å². The summed E-state index contributed by atoms with van der Waals surface area (Å²) >= 11 is 3.33. The lowest BCUT2D eigenvalue weighted by Gasteiger charge is -2.08. The van der Waals surface area contributed by atoms with Crippen LogP contribution in [0.15, 0.2) is 40.9 Å². The summed E-state index contributed by atoms with van der Waals surface area (Å²) in [6, 6.07) is 7.97. The number of hydrogen-bond acceptors (Lipinski definition) is 2. The van der Waals surface area contributed by atoms with Crippen LogP contribution in [-0.2, 0) is 0 Å². The van der Waals surface area contributed by atoms with Gasteiger partial charge in [0, 0.05) is 11.1 Å². The van der Waals surface area contributed by atoms with Gasteiger partial charge in [-0.2, -0.15) is 0 Å². The molecule has 21 heavy (non-hydrogen) atoms. The first kappa shape index (κ1) is 15.6. The molecule has 0 unspecified atom stereocenters. The van der Waals surface area contributed by atoms with Gasteiger partial charge in [-0.15, -0.1) is 0 Å². The fourth-order valence-electron chi connectivity index (χ4n) is 1.78. The Morgan fingerprint density at radius 1 is 1.10 bits per heavy atom. The van der Waals surface area contributed by atoms with E-state index in [1.165, 1.54) is 6.07 Å². The maximum absolute atomic E-state index is 13.2. The molecule has 0 saturated carbocycles. The van der Waals surface area contributed by atoms with Crippen molar-refractivity contribution in [2.75, 3.05) is 6.61 Å². The summed E-state index contributed by atoms with van der Waals surface area (Å²) in [5.41, 5.74) is 0.472. The van der Waals surface area contributed by atoms with Crippen molar-refractivity contribution in [1.82, 2.24) is 0 Å². The molecule has 2 aromatic carbocycles. The molecule has 0 spiro atoms. The van der Waals surface area contributed by atoms with Crippen LogP contribution >= 0.6 is 15.9 Å². The van der Waals surface area contributed by atoms with Crippen LogP contribution in [-0.4, -0.2) is 12.4 Å². The zero-order valence-corrected chi connectivity index (χ0v) is 12.9. The van der Waals surface area contributed by atoms with Crippen molar-refractivity contribution in [2.24, 2.45) is 0 Å². The molecule has 2 nitrogen and oxygen atoms in total. The molecule has 0 aromatic heterocycles. The van der Waals surface area contributed by atoms with E-state index in [4.69, 9.17) is 4.74 Å². The number of ether oxygens (including phenoxy) is 1. The average molecular weight is 355 g/mol. The van der Waals surface area contributed by atoms with Gasteiger partial charge in [-0.25, -0.2) is 8.78 Å². The molecule has 0 bridgehead atoms. The Hall–Kier alpha value is -1.75. The molecule has 110 valence electrons. The molecular formula is C16H13BrF2O2. The van der Waals surface area contributed by atoms with E-state index in [0.29, 0.717) is 22.4 Å². The summed E-state index contributed by atoms with van der Waals surface area (Å²) in [5, 5.41) is 0. The number of halogens is 3. The van der Waals surface area contributed by atoms with Crippen molar-refractivity contribution >= 4 is 21.7 Å². The van der Waals surface area contributed by atoms with Gasteiger partial charge in [0.15, 0.2) is 17.4 Å². The SMILES string of the molecule is CCCOc1ccc(C(=O)c2ccc(F)c(F)c2)cc1Br. The zero-order valence-electron chi connectivity index (χ0n) is 11.3. The van der Waals surface area contributed by atoms with Crippen LogP contribution in [0.5, 0.6) is 5.75 Å². The molecule has 0 N–H and O–H groups in total.